The minimum absolute atomic E-state index is 0.0294. The predicted octanol–water partition coefficient (Wildman–Crippen LogP) is 6.88. The van der Waals surface area contributed by atoms with Crippen molar-refractivity contribution in [2.45, 2.75) is 45.6 Å². The first-order valence-corrected chi connectivity index (χ1v) is 22.6. The summed E-state index contributed by atoms with van der Waals surface area (Å²) in [4.78, 5) is 18.3. The van der Waals surface area contributed by atoms with Gasteiger partial charge in [0.25, 0.3) is 10.1 Å². The normalized spacial score (nSPS) is 11.9. The highest BCUT2D eigenvalue weighted by Crippen LogP contribution is 2.38. The van der Waals surface area contributed by atoms with Crippen molar-refractivity contribution in [1.29, 1.82) is 0 Å². The van der Waals surface area contributed by atoms with Gasteiger partial charge in [-0.1, -0.05) is 56.0 Å². The average Bonchev–Trinajstić information content (AvgIpc) is 3.51. The molecule has 0 aliphatic heterocycles. The fraction of sp³-hybridized carbons (Fsp3) is 0.316. The zero-order valence-electron chi connectivity index (χ0n) is 30.4. The summed E-state index contributed by atoms with van der Waals surface area (Å²) in [6.07, 6.45) is 7.91. The van der Waals surface area contributed by atoms with Gasteiger partial charge in [-0.15, -0.1) is 0 Å². The maximum absolute atomic E-state index is 11.3. The molecule has 0 aliphatic carbocycles. The third-order valence-corrected chi connectivity index (χ3v) is 10.4. The smallest absolute Gasteiger partial charge is 0.321 e. The van der Waals surface area contributed by atoms with Gasteiger partial charge in [0.2, 0.25) is 5.88 Å². The number of aromatic nitrogens is 5. The summed E-state index contributed by atoms with van der Waals surface area (Å²) >= 11 is 0. The third kappa shape index (κ3) is 10.5. The minimum Gasteiger partial charge on any atom is -0.490 e. The summed E-state index contributed by atoms with van der Waals surface area (Å²) in [7, 11) is -3.36. The van der Waals surface area contributed by atoms with E-state index in [1.807, 2.05) is 59.3 Å². The Balaban J connectivity index is 1.32. The van der Waals surface area contributed by atoms with Gasteiger partial charge < -0.3 is 28.3 Å². The van der Waals surface area contributed by atoms with E-state index in [0.29, 0.717) is 47.2 Å². The Morgan fingerprint density at radius 3 is 2.38 bits per heavy atom. The van der Waals surface area contributed by atoms with Gasteiger partial charge in [-0.05, 0) is 41.4 Å². The summed E-state index contributed by atoms with van der Waals surface area (Å²) in [5.41, 5.74) is 4.92. The van der Waals surface area contributed by atoms with Crippen LogP contribution >= 0.6 is 0 Å². The monoisotopic (exact) mass is 757 g/mol. The number of hydrogen-bond donors (Lipinski definition) is 0. The van der Waals surface area contributed by atoms with Crippen LogP contribution in [0.2, 0.25) is 25.7 Å². The lowest BCUT2D eigenvalue weighted by atomic mass is 10.0. The summed E-state index contributed by atoms with van der Waals surface area (Å²) in [5, 5.41) is 1.59. The summed E-state index contributed by atoms with van der Waals surface area (Å²) in [6, 6.07) is 21.0. The van der Waals surface area contributed by atoms with Crippen molar-refractivity contribution in [3.63, 3.8) is 0 Å². The fourth-order valence-corrected chi connectivity index (χ4v) is 6.53. The number of benzene rings is 2. The minimum atomic E-state index is -3.56. The molecule has 0 aliphatic rings. The van der Waals surface area contributed by atoms with Gasteiger partial charge in [0.15, 0.2) is 5.65 Å². The van der Waals surface area contributed by atoms with E-state index in [0.717, 1.165) is 39.9 Å². The molecular weight excluding hydrogens is 715 g/mol. The number of rotatable bonds is 18. The van der Waals surface area contributed by atoms with Crippen molar-refractivity contribution in [3.05, 3.63) is 96.6 Å². The van der Waals surface area contributed by atoms with Crippen LogP contribution in [-0.4, -0.2) is 74.2 Å². The SMILES string of the molecule is COc1nc(OCc2cncc(OCCOS(C)(=O)=O)c2)c2c(-c3ccc4ncc(OCc5ccccc5)cc4c3)cn(COCC[Si](C)(C)C)c2n1. The molecule has 0 bridgehead atoms. The highest BCUT2D eigenvalue weighted by molar-refractivity contribution is 7.85. The second kappa shape index (κ2) is 16.7. The van der Waals surface area contributed by atoms with E-state index >= 15 is 0 Å². The molecule has 6 rings (SSSR count). The Labute approximate surface area is 310 Å². The van der Waals surface area contributed by atoms with Gasteiger partial charge in [0.05, 0.1) is 36.7 Å². The second-order valence-corrected chi connectivity index (χ2v) is 20.9. The quantitative estimate of drug-likeness (QED) is 0.0512. The van der Waals surface area contributed by atoms with Crippen molar-refractivity contribution >= 4 is 40.1 Å². The molecular formula is C38H43N5O8SSi. The van der Waals surface area contributed by atoms with Crippen LogP contribution in [0.1, 0.15) is 11.1 Å². The van der Waals surface area contributed by atoms with Gasteiger partial charge in [-0.3, -0.25) is 14.2 Å². The number of pyridine rings is 2. The van der Waals surface area contributed by atoms with Gasteiger partial charge in [0.1, 0.15) is 44.7 Å². The highest BCUT2D eigenvalue weighted by Gasteiger charge is 2.21. The molecule has 53 heavy (non-hydrogen) atoms. The Morgan fingerprint density at radius 1 is 0.811 bits per heavy atom. The molecule has 278 valence electrons. The molecule has 4 heterocycles. The van der Waals surface area contributed by atoms with Crippen LogP contribution in [0.3, 0.4) is 0 Å². The second-order valence-electron chi connectivity index (χ2n) is 13.6. The summed E-state index contributed by atoms with van der Waals surface area (Å²) in [5.74, 6) is 1.41. The van der Waals surface area contributed by atoms with Crippen molar-refractivity contribution in [3.8, 4) is 34.5 Å². The lowest BCUT2D eigenvalue weighted by molar-refractivity contribution is 0.0898. The molecule has 0 amide bonds. The lowest BCUT2D eigenvalue weighted by Gasteiger charge is -2.15. The zero-order chi connectivity index (χ0) is 37.4. The summed E-state index contributed by atoms with van der Waals surface area (Å²) < 4.78 is 59.1. The van der Waals surface area contributed by atoms with Crippen LogP contribution in [0.4, 0.5) is 0 Å². The lowest BCUT2D eigenvalue weighted by Crippen LogP contribution is -2.22. The van der Waals surface area contributed by atoms with Gasteiger partial charge >= 0.3 is 6.01 Å². The predicted molar refractivity (Wildman–Crippen MR) is 205 cm³/mol. The molecule has 0 saturated carbocycles. The fourth-order valence-electron chi connectivity index (χ4n) is 5.41. The van der Waals surface area contributed by atoms with Gasteiger partial charge in [-0.2, -0.15) is 18.4 Å². The largest absolute Gasteiger partial charge is 0.490 e. The molecule has 4 aromatic heterocycles. The van der Waals surface area contributed by atoms with Crippen LogP contribution in [0.15, 0.2) is 85.5 Å². The molecule has 0 N–H and O–H groups in total. The molecule has 0 unspecified atom stereocenters. The van der Waals surface area contributed by atoms with Crippen LogP contribution in [0.25, 0.3) is 33.1 Å². The Hall–Kier alpha value is -5.09. The molecule has 6 aromatic rings. The van der Waals surface area contributed by atoms with Crippen LogP contribution in [0.5, 0.6) is 23.4 Å². The number of fused-ring (bicyclic) bond motifs is 2. The molecule has 0 atom stereocenters. The highest BCUT2D eigenvalue weighted by atomic mass is 32.2. The Kier molecular flexibility index (Phi) is 11.9. The first-order valence-electron chi connectivity index (χ1n) is 17.1. The van der Waals surface area contributed by atoms with E-state index in [9.17, 15) is 8.42 Å². The topological polar surface area (TPSA) is 146 Å². The average molecular weight is 758 g/mol. The molecule has 15 heteroatoms. The van der Waals surface area contributed by atoms with Gasteiger partial charge in [0, 0.05) is 43.6 Å². The van der Waals surface area contributed by atoms with E-state index in [-0.39, 0.29) is 32.6 Å². The first kappa shape index (κ1) is 37.7. The molecule has 0 spiro atoms. The number of nitrogens with zero attached hydrogens (tertiary/aromatic N) is 5. The van der Waals surface area contributed by atoms with E-state index in [1.165, 1.54) is 13.3 Å². The first-order chi connectivity index (χ1) is 25.4. The summed E-state index contributed by atoms with van der Waals surface area (Å²) in [6.45, 7) is 8.31. The molecule has 13 nitrogen and oxygen atoms in total. The van der Waals surface area contributed by atoms with Crippen molar-refractivity contribution in [1.82, 2.24) is 24.5 Å². The molecule has 0 fully saturated rings. The maximum atomic E-state index is 11.3. The Morgan fingerprint density at radius 2 is 1.60 bits per heavy atom. The Bertz CT molecular complexity index is 2280. The van der Waals surface area contributed by atoms with Crippen LogP contribution in [-0.2, 0) is 39.0 Å². The molecule has 0 saturated heterocycles. The van der Waals surface area contributed by atoms with Crippen molar-refractivity contribution in [2.24, 2.45) is 0 Å². The van der Waals surface area contributed by atoms with E-state index in [2.05, 4.69) is 40.7 Å². The van der Waals surface area contributed by atoms with E-state index < -0.39 is 18.2 Å². The van der Waals surface area contributed by atoms with E-state index in [1.54, 1.807) is 18.5 Å². The van der Waals surface area contributed by atoms with E-state index in [4.69, 9.17) is 32.9 Å². The molecule has 2 aromatic carbocycles. The zero-order valence-corrected chi connectivity index (χ0v) is 32.3. The number of hydrogen-bond acceptors (Lipinski definition) is 12. The third-order valence-electron chi connectivity index (χ3n) is 8.08. The molecule has 0 radical (unpaired) electrons. The van der Waals surface area contributed by atoms with Crippen molar-refractivity contribution in [2.75, 3.05) is 33.2 Å². The standard InChI is InChI=1S/C38H43N5O8SSi/c1-46-38-41-36-35(37(42-38)50-25-28-17-31(21-39-20-28)48-13-14-51-52(2,44)45)33(23-43(36)26-47-15-16-53(3,4)5)29-11-12-34-30(18-29)19-32(22-40-34)49-24-27-9-7-6-8-10-27/h6-12,17-23H,13-16,24-26H2,1-5H3. The number of ether oxygens (including phenoxy) is 5. The van der Waals surface area contributed by atoms with Crippen molar-refractivity contribution < 1.29 is 36.3 Å². The number of methoxy groups -OCH3 is 1. The van der Waals surface area contributed by atoms with Crippen LogP contribution in [0, 0.1) is 0 Å². The maximum Gasteiger partial charge on any atom is 0.321 e. The van der Waals surface area contributed by atoms with Gasteiger partial charge in [-0.25, -0.2) is 0 Å². The van der Waals surface area contributed by atoms with Crippen LogP contribution < -0.4 is 18.9 Å².